The van der Waals surface area contributed by atoms with Crippen molar-refractivity contribution in [3.63, 3.8) is 0 Å². The first kappa shape index (κ1) is 17.1. The third-order valence-electron chi connectivity index (χ3n) is 3.22. The van der Waals surface area contributed by atoms with Crippen LogP contribution in [0.5, 0.6) is 5.75 Å². The summed E-state index contributed by atoms with van der Waals surface area (Å²) in [5.74, 6) is 0.274. The van der Waals surface area contributed by atoms with Crippen molar-refractivity contribution in [2.45, 2.75) is 39.1 Å². The third-order valence-corrected chi connectivity index (χ3v) is 3.22. The van der Waals surface area contributed by atoms with Crippen molar-refractivity contribution < 1.29 is 13.5 Å². The summed E-state index contributed by atoms with van der Waals surface area (Å²) in [5.41, 5.74) is 0.809. The molecule has 20 heavy (non-hydrogen) atoms. The largest absolute Gasteiger partial charge is 0.434 e. The van der Waals surface area contributed by atoms with Crippen molar-refractivity contribution in [3.05, 3.63) is 29.8 Å². The molecule has 0 spiro atoms. The van der Waals surface area contributed by atoms with E-state index in [-0.39, 0.29) is 18.2 Å². The Bertz CT molecular complexity index is 410. The van der Waals surface area contributed by atoms with Crippen LogP contribution < -0.4 is 10.1 Å². The van der Waals surface area contributed by atoms with E-state index in [0.29, 0.717) is 18.6 Å². The van der Waals surface area contributed by atoms with Gasteiger partial charge in [0.25, 0.3) is 0 Å². The lowest BCUT2D eigenvalue weighted by Crippen LogP contribution is -2.53. The number of para-hydroxylation sites is 1. The van der Waals surface area contributed by atoms with Gasteiger partial charge >= 0.3 is 6.61 Å². The van der Waals surface area contributed by atoms with Gasteiger partial charge in [0.2, 0.25) is 0 Å². The Morgan fingerprint density at radius 3 is 2.45 bits per heavy atom. The standard InChI is InChI=1S/C14H20F2N2O.ClH/c1-10-7-18(8-11(2)17-10)9-12-5-3-4-6-13(12)19-14(15)16;/h3-6,10-11,14,17H,7-9H2,1-2H3;1H. The van der Waals surface area contributed by atoms with E-state index in [2.05, 4.69) is 28.8 Å². The van der Waals surface area contributed by atoms with Crippen LogP contribution in [0.4, 0.5) is 8.78 Å². The van der Waals surface area contributed by atoms with Crippen molar-refractivity contribution >= 4 is 12.4 Å². The van der Waals surface area contributed by atoms with Crippen LogP contribution in [0.3, 0.4) is 0 Å². The number of ether oxygens (including phenoxy) is 1. The van der Waals surface area contributed by atoms with Crippen molar-refractivity contribution in [2.24, 2.45) is 0 Å². The Morgan fingerprint density at radius 1 is 1.25 bits per heavy atom. The highest BCUT2D eigenvalue weighted by atomic mass is 35.5. The average Bonchev–Trinajstić information content (AvgIpc) is 2.29. The van der Waals surface area contributed by atoms with Gasteiger partial charge in [0, 0.05) is 37.3 Å². The lowest BCUT2D eigenvalue weighted by Gasteiger charge is -2.36. The number of piperazine rings is 1. The zero-order valence-electron chi connectivity index (χ0n) is 11.7. The van der Waals surface area contributed by atoms with Crippen LogP contribution in [0.25, 0.3) is 0 Å². The third kappa shape index (κ3) is 4.89. The van der Waals surface area contributed by atoms with E-state index in [1.807, 2.05) is 12.1 Å². The predicted octanol–water partition coefficient (Wildman–Crippen LogP) is 2.89. The SMILES string of the molecule is CC1CN(Cc2ccccc2OC(F)F)CC(C)N1.Cl. The fraction of sp³-hybridized carbons (Fsp3) is 0.571. The van der Waals surface area contributed by atoms with E-state index in [0.717, 1.165) is 18.7 Å². The zero-order valence-corrected chi connectivity index (χ0v) is 12.5. The fourth-order valence-electron chi connectivity index (χ4n) is 2.66. The molecule has 0 amide bonds. The molecule has 1 fully saturated rings. The second-order valence-corrected chi connectivity index (χ2v) is 5.15. The highest BCUT2D eigenvalue weighted by Gasteiger charge is 2.22. The van der Waals surface area contributed by atoms with Crippen LogP contribution in [0.15, 0.2) is 24.3 Å². The molecule has 6 heteroatoms. The molecule has 2 rings (SSSR count). The number of halogens is 3. The van der Waals surface area contributed by atoms with Gasteiger partial charge in [-0.05, 0) is 19.9 Å². The molecular formula is C14H21ClF2N2O. The Labute approximate surface area is 124 Å². The molecule has 0 bridgehead atoms. The fourth-order valence-corrected chi connectivity index (χ4v) is 2.66. The molecule has 0 radical (unpaired) electrons. The van der Waals surface area contributed by atoms with E-state index >= 15 is 0 Å². The Kier molecular flexibility index (Phi) is 6.65. The lowest BCUT2D eigenvalue weighted by molar-refractivity contribution is -0.0508. The number of nitrogens with one attached hydrogen (secondary N) is 1. The Morgan fingerprint density at radius 2 is 1.85 bits per heavy atom. The minimum absolute atomic E-state index is 0. The summed E-state index contributed by atoms with van der Waals surface area (Å²) in [5, 5.41) is 3.45. The first-order valence-corrected chi connectivity index (χ1v) is 6.55. The quantitative estimate of drug-likeness (QED) is 0.926. The highest BCUT2D eigenvalue weighted by Crippen LogP contribution is 2.22. The number of hydrogen-bond donors (Lipinski definition) is 1. The topological polar surface area (TPSA) is 24.5 Å². The van der Waals surface area contributed by atoms with Crippen molar-refractivity contribution in [1.29, 1.82) is 0 Å². The number of alkyl halides is 2. The Balaban J connectivity index is 0.00000200. The van der Waals surface area contributed by atoms with E-state index in [1.165, 1.54) is 0 Å². The number of nitrogens with zero attached hydrogens (tertiary/aromatic N) is 1. The van der Waals surface area contributed by atoms with E-state index in [4.69, 9.17) is 0 Å². The smallest absolute Gasteiger partial charge is 0.387 e. The first-order valence-electron chi connectivity index (χ1n) is 6.55. The summed E-state index contributed by atoms with van der Waals surface area (Å²) >= 11 is 0. The first-order chi connectivity index (χ1) is 9.04. The van der Waals surface area contributed by atoms with Crippen LogP contribution in [0.2, 0.25) is 0 Å². The van der Waals surface area contributed by atoms with Crippen molar-refractivity contribution in [3.8, 4) is 5.75 Å². The van der Waals surface area contributed by atoms with Gasteiger partial charge < -0.3 is 10.1 Å². The van der Waals surface area contributed by atoms with Gasteiger partial charge in [0.15, 0.2) is 0 Å². The molecule has 1 aliphatic rings. The molecule has 114 valence electrons. The minimum atomic E-state index is -2.78. The van der Waals surface area contributed by atoms with E-state index in [1.54, 1.807) is 12.1 Å². The average molecular weight is 307 g/mol. The number of rotatable bonds is 4. The van der Waals surface area contributed by atoms with Crippen molar-refractivity contribution in [2.75, 3.05) is 13.1 Å². The summed E-state index contributed by atoms with van der Waals surface area (Å²) in [6.45, 7) is 3.94. The maximum Gasteiger partial charge on any atom is 0.387 e. The van der Waals surface area contributed by atoms with E-state index in [9.17, 15) is 8.78 Å². The maximum absolute atomic E-state index is 12.4. The minimum Gasteiger partial charge on any atom is -0.434 e. The second kappa shape index (κ2) is 7.76. The monoisotopic (exact) mass is 306 g/mol. The van der Waals surface area contributed by atoms with Gasteiger partial charge in [-0.1, -0.05) is 18.2 Å². The van der Waals surface area contributed by atoms with Crippen LogP contribution in [0, 0.1) is 0 Å². The summed E-state index contributed by atoms with van der Waals surface area (Å²) in [6, 6.07) is 7.82. The summed E-state index contributed by atoms with van der Waals surface area (Å²) < 4.78 is 29.3. The van der Waals surface area contributed by atoms with Gasteiger partial charge in [-0.25, -0.2) is 0 Å². The summed E-state index contributed by atoms with van der Waals surface area (Å²) in [4.78, 5) is 2.26. The molecule has 1 aromatic carbocycles. The number of benzene rings is 1. The van der Waals surface area contributed by atoms with Crippen LogP contribution in [-0.4, -0.2) is 36.7 Å². The van der Waals surface area contributed by atoms with Crippen LogP contribution in [-0.2, 0) is 6.54 Å². The molecule has 0 saturated carbocycles. The zero-order chi connectivity index (χ0) is 13.8. The summed E-state index contributed by atoms with van der Waals surface area (Å²) in [7, 11) is 0. The molecular weight excluding hydrogens is 286 g/mol. The Hall–Kier alpha value is -0.910. The van der Waals surface area contributed by atoms with E-state index < -0.39 is 6.61 Å². The number of hydrogen-bond acceptors (Lipinski definition) is 3. The van der Waals surface area contributed by atoms with Gasteiger partial charge in [-0.2, -0.15) is 8.78 Å². The highest BCUT2D eigenvalue weighted by molar-refractivity contribution is 5.85. The van der Waals surface area contributed by atoms with Crippen LogP contribution >= 0.6 is 12.4 Å². The lowest BCUT2D eigenvalue weighted by atomic mass is 10.1. The molecule has 1 aliphatic heterocycles. The molecule has 1 heterocycles. The maximum atomic E-state index is 12.4. The van der Waals surface area contributed by atoms with Gasteiger partial charge in [-0.3, -0.25) is 4.90 Å². The molecule has 1 aromatic rings. The van der Waals surface area contributed by atoms with Crippen molar-refractivity contribution in [1.82, 2.24) is 10.2 Å². The molecule has 2 atom stereocenters. The van der Waals surface area contributed by atoms with Crippen LogP contribution in [0.1, 0.15) is 19.4 Å². The second-order valence-electron chi connectivity index (χ2n) is 5.15. The molecule has 1 saturated heterocycles. The molecule has 1 N–H and O–H groups in total. The van der Waals surface area contributed by atoms with Gasteiger partial charge in [-0.15, -0.1) is 12.4 Å². The van der Waals surface area contributed by atoms with Gasteiger partial charge in [0.1, 0.15) is 5.75 Å². The van der Waals surface area contributed by atoms with Gasteiger partial charge in [0.05, 0.1) is 0 Å². The molecule has 0 aliphatic carbocycles. The molecule has 0 aromatic heterocycles. The summed E-state index contributed by atoms with van der Waals surface area (Å²) in [6.07, 6.45) is 0. The normalized spacial score (nSPS) is 23.4. The predicted molar refractivity (Wildman–Crippen MR) is 77.7 cm³/mol. The molecule has 3 nitrogen and oxygen atoms in total. The molecule has 2 unspecified atom stereocenters.